The minimum atomic E-state index is -5.01. The topological polar surface area (TPSA) is 123 Å². The molecule has 14 heteroatoms. The number of nitrogens with one attached hydrogen (secondary N) is 2. The van der Waals surface area contributed by atoms with Gasteiger partial charge in [0.1, 0.15) is 16.1 Å². The number of piperidine rings is 1. The molecule has 0 bridgehead atoms. The molecule has 1 saturated heterocycles. The molecule has 0 aliphatic carbocycles. The molecule has 1 aliphatic rings. The Morgan fingerprint density at radius 2 is 1.94 bits per heavy atom. The van der Waals surface area contributed by atoms with Crippen LogP contribution >= 0.6 is 11.3 Å². The smallest absolute Gasteiger partial charge is 0.388 e. The molecule has 0 saturated carbocycles. The highest BCUT2D eigenvalue weighted by Gasteiger charge is 2.60. The molecule has 2 unspecified atom stereocenters. The molecule has 2 aromatic heterocycles. The van der Waals surface area contributed by atoms with Crippen LogP contribution in [0.4, 0.5) is 28.3 Å². The zero-order chi connectivity index (χ0) is 24.2. The fraction of sp³-hybridized carbons (Fsp3) is 0.316. The second kappa shape index (κ2) is 7.97. The van der Waals surface area contributed by atoms with E-state index in [9.17, 15) is 41.0 Å². The van der Waals surface area contributed by atoms with Crippen molar-refractivity contribution in [3.05, 3.63) is 52.7 Å². The first-order valence-corrected chi connectivity index (χ1v) is 11.8. The molecular formula is C19H17F4N3O5S2. The lowest BCUT2D eigenvalue weighted by atomic mass is 9.88. The second-order valence-corrected chi connectivity index (χ2v) is 10.6. The molecule has 33 heavy (non-hydrogen) atoms. The van der Waals surface area contributed by atoms with Gasteiger partial charge in [-0.05, 0) is 29.7 Å². The number of aromatic amines is 1. The molecule has 2 atom stereocenters. The van der Waals surface area contributed by atoms with Gasteiger partial charge in [-0.2, -0.15) is 13.2 Å². The average molecular weight is 507 g/mol. The summed E-state index contributed by atoms with van der Waals surface area (Å²) in [5.41, 5.74) is -4.04. The Kier molecular flexibility index (Phi) is 5.67. The normalized spacial score (nSPS) is 22.0. The van der Waals surface area contributed by atoms with E-state index in [0.717, 1.165) is 23.5 Å². The molecule has 1 aromatic carbocycles. The Hall–Kier alpha value is -2.68. The predicted octanol–water partition coefficient (Wildman–Crippen LogP) is 2.39. The molecule has 0 amide bonds. The van der Waals surface area contributed by atoms with Crippen molar-refractivity contribution in [2.45, 2.75) is 28.5 Å². The van der Waals surface area contributed by atoms with Gasteiger partial charge in [-0.15, -0.1) is 11.3 Å². The van der Waals surface area contributed by atoms with E-state index in [4.69, 9.17) is 0 Å². The van der Waals surface area contributed by atoms with Crippen LogP contribution in [-0.4, -0.2) is 54.6 Å². The number of H-pyrrole nitrogens is 1. The van der Waals surface area contributed by atoms with Gasteiger partial charge >= 0.3 is 6.18 Å². The summed E-state index contributed by atoms with van der Waals surface area (Å²) < 4.78 is 81.0. The van der Waals surface area contributed by atoms with Crippen LogP contribution in [0.25, 0.3) is 10.8 Å². The fourth-order valence-corrected chi connectivity index (χ4v) is 5.93. The molecular weight excluding hydrogens is 490 g/mol. The van der Waals surface area contributed by atoms with E-state index in [-0.39, 0.29) is 26.8 Å². The van der Waals surface area contributed by atoms with Gasteiger partial charge in [-0.25, -0.2) is 12.8 Å². The van der Waals surface area contributed by atoms with Crippen LogP contribution in [0, 0.1) is 5.82 Å². The van der Waals surface area contributed by atoms with E-state index >= 15 is 0 Å². The molecule has 0 radical (unpaired) electrons. The van der Waals surface area contributed by atoms with Crippen molar-refractivity contribution in [1.82, 2.24) is 4.98 Å². The first-order valence-electron chi connectivity index (χ1n) is 9.47. The van der Waals surface area contributed by atoms with Crippen molar-refractivity contribution in [3.8, 4) is 0 Å². The number of benzene rings is 1. The predicted molar refractivity (Wildman–Crippen MR) is 113 cm³/mol. The minimum absolute atomic E-state index is 0.232. The van der Waals surface area contributed by atoms with Crippen molar-refractivity contribution < 1.29 is 36.2 Å². The van der Waals surface area contributed by atoms with Gasteiger partial charge in [0.25, 0.3) is 10.0 Å². The minimum Gasteiger partial charge on any atom is -0.388 e. The highest BCUT2D eigenvalue weighted by molar-refractivity contribution is 7.94. The van der Waals surface area contributed by atoms with Gasteiger partial charge < -0.3 is 20.1 Å². The van der Waals surface area contributed by atoms with Gasteiger partial charge in [0, 0.05) is 37.2 Å². The van der Waals surface area contributed by atoms with Crippen molar-refractivity contribution in [3.63, 3.8) is 0 Å². The Morgan fingerprint density at radius 3 is 2.61 bits per heavy atom. The van der Waals surface area contributed by atoms with E-state index in [1.807, 2.05) is 0 Å². The number of β-amino-alcohol motifs (C(OH)–C–C–N with tert-alkyl or cyclic N) is 1. The maximum Gasteiger partial charge on any atom is 0.419 e. The van der Waals surface area contributed by atoms with Crippen LogP contribution in [0.3, 0.4) is 0 Å². The van der Waals surface area contributed by atoms with Crippen LogP contribution in [0.5, 0.6) is 0 Å². The van der Waals surface area contributed by atoms with E-state index in [0.29, 0.717) is 5.39 Å². The van der Waals surface area contributed by atoms with Gasteiger partial charge in [-0.3, -0.25) is 9.52 Å². The number of sulfonamides is 1. The largest absolute Gasteiger partial charge is 0.419 e. The first-order chi connectivity index (χ1) is 15.3. The molecule has 4 rings (SSSR count). The van der Waals surface area contributed by atoms with Crippen LogP contribution in [-0.2, 0) is 10.0 Å². The molecule has 1 aliphatic heterocycles. The van der Waals surface area contributed by atoms with Crippen LogP contribution in [0.1, 0.15) is 6.42 Å². The Morgan fingerprint density at radius 1 is 1.21 bits per heavy atom. The van der Waals surface area contributed by atoms with E-state index in [1.165, 1.54) is 29.3 Å². The molecule has 1 fully saturated rings. The van der Waals surface area contributed by atoms with E-state index < -0.39 is 52.2 Å². The number of anilines is 2. The van der Waals surface area contributed by atoms with E-state index in [1.54, 1.807) is 0 Å². The molecule has 3 heterocycles. The molecule has 8 nitrogen and oxygen atoms in total. The number of fused-ring (bicyclic) bond motifs is 1. The van der Waals surface area contributed by atoms with E-state index in [2.05, 4.69) is 9.71 Å². The number of rotatable bonds is 4. The lowest BCUT2D eigenvalue weighted by Gasteiger charge is -2.43. The van der Waals surface area contributed by atoms with Crippen LogP contribution < -0.4 is 15.2 Å². The lowest BCUT2D eigenvalue weighted by Crippen LogP contribution is -2.62. The number of hydrogen-bond donors (Lipinski definition) is 4. The van der Waals surface area contributed by atoms with Crippen LogP contribution in [0.2, 0.25) is 0 Å². The Balaban J connectivity index is 1.55. The summed E-state index contributed by atoms with van der Waals surface area (Å²) in [5, 5.41) is 20.6. The Bertz CT molecular complexity index is 1370. The number of alkyl halides is 3. The summed E-state index contributed by atoms with van der Waals surface area (Å²) >= 11 is 0.718. The maximum absolute atomic E-state index is 14.4. The monoisotopic (exact) mass is 507 g/mol. The highest BCUT2D eigenvalue weighted by atomic mass is 32.2. The number of pyridine rings is 1. The molecule has 178 valence electrons. The van der Waals surface area contributed by atoms with Crippen LogP contribution in [0.15, 0.2) is 45.5 Å². The SMILES string of the molecule is O=c1cc2cc(F)c(NS(=O)(=O)c3ccc(N4CCC(O)(C(F)(F)F)C(O)C4)s3)cc2c[nH]1. The standard InChI is InChI=1S/C19H17F4N3O5S2/c20-12-5-10-7-15(28)24-8-11(10)6-13(12)25-33(30,31)17-2-1-16(32-17)26-4-3-18(29,14(27)9-26)19(21,22)23/h1-2,5-8,14,25,27,29H,3-4,9H2,(H,24,28). The van der Waals surface area contributed by atoms with Crippen molar-refractivity contribution in [2.24, 2.45) is 0 Å². The van der Waals surface area contributed by atoms with Crippen molar-refractivity contribution in [1.29, 1.82) is 0 Å². The fourth-order valence-electron chi connectivity index (χ4n) is 3.54. The summed E-state index contributed by atoms with van der Waals surface area (Å²) in [6.07, 6.45) is -6.62. The number of aliphatic hydroxyl groups is 2. The highest BCUT2D eigenvalue weighted by Crippen LogP contribution is 2.41. The number of nitrogens with zero attached hydrogens (tertiary/aromatic N) is 1. The second-order valence-electron chi connectivity index (χ2n) is 7.59. The molecule has 4 N–H and O–H groups in total. The average Bonchev–Trinajstić information content (AvgIpc) is 3.21. The molecule has 0 spiro atoms. The third-order valence-electron chi connectivity index (χ3n) is 5.42. The first kappa shape index (κ1) is 23.5. The zero-order valence-corrected chi connectivity index (χ0v) is 18.2. The third-order valence-corrected chi connectivity index (χ3v) is 8.42. The summed E-state index contributed by atoms with van der Waals surface area (Å²) in [5.74, 6) is -0.904. The van der Waals surface area contributed by atoms with Gasteiger partial charge in [0.05, 0.1) is 10.7 Å². The maximum atomic E-state index is 14.4. The number of aliphatic hydroxyl groups excluding tert-OH is 1. The van der Waals surface area contributed by atoms with Gasteiger partial charge in [0.15, 0.2) is 5.60 Å². The number of thiophene rings is 1. The number of halogens is 4. The third kappa shape index (κ3) is 4.30. The number of aromatic nitrogens is 1. The van der Waals surface area contributed by atoms with Crippen molar-refractivity contribution >= 4 is 42.8 Å². The van der Waals surface area contributed by atoms with Crippen molar-refractivity contribution in [2.75, 3.05) is 22.7 Å². The summed E-state index contributed by atoms with van der Waals surface area (Å²) in [6.45, 7) is -0.820. The summed E-state index contributed by atoms with van der Waals surface area (Å²) in [6, 6.07) is 5.95. The quantitative estimate of drug-likeness (QED) is 0.403. The Labute approximate surface area is 188 Å². The van der Waals surface area contributed by atoms with Gasteiger partial charge in [-0.1, -0.05) is 0 Å². The van der Waals surface area contributed by atoms with Gasteiger partial charge in [0.2, 0.25) is 5.56 Å². The summed E-state index contributed by atoms with van der Waals surface area (Å²) in [4.78, 5) is 15.1. The zero-order valence-electron chi connectivity index (χ0n) is 16.6. The lowest BCUT2D eigenvalue weighted by molar-refractivity contribution is -0.294. The number of hydrogen-bond acceptors (Lipinski definition) is 7. The summed E-state index contributed by atoms with van der Waals surface area (Å²) in [7, 11) is -4.25. The molecule has 3 aromatic rings.